The Morgan fingerprint density at radius 3 is 2.78 bits per heavy atom. The Morgan fingerprint density at radius 1 is 1.44 bits per heavy atom. The van der Waals surface area contributed by atoms with Crippen molar-refractivity contribution in [3.05, 3.63) is 23.4 Å². The predicted octanol–water partition coefficient (Wildman–Crippen LogP) is 2.69. The van der Waals surface area contributed by atoms with E-state index in [2.05, 4.69) is 61.4 Å². The van der Waals surface area contributed by atoms with Crippen molar-refractivity contribution in [3.8, 4) is 0 Å². The summed E-state index contributed by atoms with van der Waals surface area (Å²) in [5.41, 5.74) is 2.39. The lowest BCUT2D eigenvalue weighted by Gasteiger charge is -2.26. The monoisotopic (exact) mass is 267 g/mol. The van der Waals surface area contributed by atoms with Crippen LogP contribution in [0, 0.1) is 6.92 Å². The lowest BCUT2D eigenvalue weighted by Crippen LogP contribution is -2.31. The number of thioether (sulfide) groups is 1. The number of hydrogen-bond donors (Lipinski definition) is 1. The third kappa shape index (κ3) is 4.50. The van der Waals surface area contributed by atoms with E-state index in [0.29, 0.717) is 6.04 Å². The van der Waals surface area contributed by atoms with Crippen LogP contribution in [0.1, 0.15) is 25.1 Å². The first-order valence-electron chi connectivity index (χ1n) is 6.48. The van der Waals surface area contributed by atoms with Crippen LogP contribution in [0.3, 0.4) is 0 Å². The lowest BCUT2D eigenvalue weighted by molar-refractivity contribution is 0.718. The number of nitrogens with one attached hydrogen (secondary N) is 1. The zero-order valence-electron chi connectivity index (χ0n) is 12.2. The molecule has 0 fully saturated rings. The molecule has 1 atom stereocenters. The van der Waals surface area contributed by atoms with E-state index in [0.717, 1.165) is 30.4 Å². The molecular formula is C14H25N3S. The molecule has 0 amide bonds. The van der Waals surface area contributed by atoms with Crippen LogP contribution in [0.4, 0.5) is 5.82 Å². The average Bonchev–Trinajstić information content (AvgIpc) is 2.35. The van der Waals surface area contributed by atoms with Crippen LogP contribution in [0.15, 0.2) is 12.1 Å². The van der Waals surface area contributed by atoms with Gasteiger partial charge < -0.3 is 10.2 Å². The summed E-state index contributed by atoms with van der Waals surface area (Å²) < 4.78 is 0. The molecule has 0 bridgehead atoms. The Morgan fingerprint density at radius 2 is 2.17 bits per heavy atom. The van der Waals surface area contributed by atoms with Gasteiger partial charge in [0.1, 0.15) is 5.82 Å². The molecule has 1 unspecified atom stereocenters. The molecule has 1 N–H and O–H groups in total. The zero-order valence-corrected chi connectivity index (χ0v) is 13.0. The van der Waals surface area contributed by atoms with E-state index < -0.39 is 0 Å². The summed E-state index contributed by atoms with van der Waals surface area (Å²) in [4.78, 5) is 6.90. The molecule has 0 aliphatic rings. The molecular weight excluding hydrogens is 242 g/mol. The van der Waals surface area contributed by atoms with Gasteiger partial charge in [-0.1, -0.05) is 6.92 Å². The van der Waals surface area contributed by atoms with Gasteiger partial charge in [-0.25, -0.2) is 4.98 Å². The zero-order chi connectivity index (χ0) is 13.5. The molecule has 1 rings (SSSR count). The predicted molar refractivity (Wildman–Crippen MR) is 82.6 cm³/mol. The minimum atomic E-state index is 0.501. The molecule has 0 aromatic carbocycles. The van der Waals surface area contributed by atoms with E-state index in [1.165, 1.54) is 5.56 Å². The van der Waals surface area contributed by atoms with Crippen LogP contribution < -0.4 is 10.2 Å². The third-order valence-corrected chi connectivity index (χ3v) is 3.82. The molecule has 0 spiro atoms. The van der Waals surface area contributed by atoms with Crippen molar-refractivity contribution in [2.45, 2.75) is 33.4 Å². The van der Waals surface area contributed by atoms with Gasteiger partial charge in [0.15, 0.2) is 0 Å². The van der Waals surface area contributed by atoms with Crippen LogP contribution in [0.25, 0.3) is 0 Å². The summed E-state index contributed by atoms with van der Waals surface area (Å²) in [6, 6.07) is 4.84. The van der Waals surface area contributed by atoms with Crippen molar-refractivity contribution < 1.29 is 0 Å². The first kappa shape index (κ1) is 15.3. The molecule has 0 radical (unpaired) electrons. The summed E-state index contributed by atoms with van der Waals surface area (Å²) in [6.07, 6.45) is 2.14. The summed E-state index contributed by atoms with van der Waals surface area (Å²) in [5, 5.41) is 3.36. The molecule has 3 nitrogen and oxygen atoms in total. The normalized spacial score (nSPS) is 12.5. The second kappa shape index (κ2) is 7.64. The Bertz CT molecular complexity index is 368. The number of pyridine rings is 1. The fourth-order valence-corrected chi connectivity index (χ4v) is 2.56. The van der Waals surface area contributed by atoms with Crippen molar-refractivity contribution >= 4 is 17.6 Å². The largest absolute Gasteiger partial charge is 0.356 e. The first-order chi connectivity index (χ1) is 8.58. The maximum absolute atomic E-state index is 4.63. The highest BCUT2D eigenvalue weighted by Crippen LogP contribution is 2.17. The van der Waals surface area contributed by atoms with Crippen LogP contribution in [0.5, 0.6) is 0 Å². The second-order valence-electron chi connectivity index (χ2n) is 4.67. The van der Waals surface area contributed by atoms with E-state index in [9.17, 15) is 0 Å². The quantitative estimate of drug-likeness (QED) is 0.822. The van der Waals surface area contributed by atoms with E-state index in [1.807, 2.05) is 11.8 Å². The van der Waals surface area contributed by atoms with Gasteiger partial charge in [0, 0.05) is 31.1 Å². The summed E-state index contributed by atoms with van der Waals surface area (Å²) in [5.74, 6) is 2.19. The van der Waals surface area contributed by atoms with Gasteiger partial charge in [-0.05, 0) is 44.3 Å². The number of anilines is 1. The van der Waals surface area contributed by atoms with Gasteiger partial charge in [0.05, 0.1) is 0 Å². The Hall–Kier alpha value is -0.740. The Balaban J connectivity index is 2.84. The fourth-order valence-electron chi connectivity index (χ4n) is 1.85. The van der Waals surface area contributed by atoms with Crippen LogP contribution in [-0.4, -0.2) is 36.6 Å². The third-order valence-electron chi connectivity index (χ3n) is 3.01. The van der Waals surface area contributed by atoms with Gasteiger partial charge >= 0.3 is 0 Å². The van der Waals surface area contributed by atoms with E-state index >= 15 is 0 Å². The molecule has 0 aliphatic carbocycles. The van der Waals surface area contributed by atoms with Gasteiger partial charge in [-0.15, -0.1) is 0 Å². The van der Waals surface area contributed by atoms with Crippen molar-refractivity contribution in [1.82, 2.24) is 10.3 Å². The maximum Gasteiger partial charge on any atom is 0.129 e. The Labute approximate surface area is 115 Å². The molecule has 1 aromatic rings. The molecule has 1 aromatic heterocycles. The van der Waals surface area contributed by atoms with Crippen LogP contribution >= 0.6 is 11.8 Å². The van der Waals surface area contributed by atoms with Crippen LogP contribution in [0.2, 0.25) is 0 Å². The van der Waals surface area contributed by atoms with Crippen LogP contribution in [-0.2, 0) is 6.54 Å². The average molecular weight is 267 g/mol. The molecule has 0 aliphatic heterocycles. The number of rotatable bonds is 7. The van der Waals surface area contributed by atoms with E-state index in [4.69, 9.17) is 0 Å². The smallest absolute Gasteiger partial charge is 0.129 e. The topological polar surface area (TPSA) is 28.2 Å². The van der Waals surface area contributed by atoms with Gasteiger partial charge in [0.2, 0.25) is 0 Å². The minimum Gasteiger partial charge on any atom is -0.356 e. The van der Waals surface area contributed by atoms with Gasteiger partial charge in [-0.2, -0.15) is 11.8 Å². The highest BCUT2D eigenvalue weighted by Gasteiger charge is 2.11. The number of hydrogen-bond acceptors (Lipinski definition) is 4. The standard InChI is InChI=1S/C14H25N3S/c1-6-15-9-13-7-11(2)16-14(8-13)17(4)12(3)10-18-5/h7-8,12,15H,6,9-10H2,1-5H3. The maximum atomic E-state index is 4.63. The molecule has 102 valence electrons. The first-order valence-corrected chi connectivity index (χ1v) is 7.88. The van der Waals surface area contributed by atoms with Gasteiger partial charge in [-0.3, -0.25) is 0 Å². The van der Waals surface area contributed by atoms with Crippen molar-refractivity contribution in [1.29, 1.82) is 0 Å². The Kier molecular flexibility index (Phi) is 6.50. The van der Waals surface area contributed by atoms with Crippen molar-refractivity contribution in [2.24, 2.45) is 0 Å². The minimum absolute atomic E-state index is 0.501. The molecule has 0 saturated heterocycles. The van der Waals surface area contributed by atoms with E-state index in [-0.39, 0.29) is 0 Å². The summed E-state index contributed by atoms with van der Waals surface area (Å²) >= 11 is 1.87. The van der Waals surface area contributed by atoms with E-state index in [1.54, 1.807) is 0 Å². The fraction of sp³-hybridized carbons (Fsp3) is 0.643. The molecule has 1 heterocycles. The number of aromatic nitrogens is 1. The number of nitrogens with zero attached hydrogens (tertiary/aromatic N) is 2. The molecule has 18 heavy (non-hydrogen) atoms. The SMILES string of the molecule is CCNCc1cc(C)nc(N(C)C(C)CSC)c1. The highest BCUT2D eigenvalue weighted by molar-refractivity contribution is 7.98. The summed E-state index contributed by atoms with van der Waals surface area (Å²) in [6.45, 7) is 8.34. The molecule has 0 saturated carbocycles. The van der Waals surface area contributed by atoms with Gasteiger partial charge in [0.25, 0.3) is 0 Å². The summed E-state index contributed by atoms with van der Waals surface area (Å²) in [7, 11) is 2.12. The van der Waals surface area contributed by atoms with Crippen molar-refractivity contribution in [2.75, 3.05) is 30.5 Å². The lowest BCUT2D eigenvalue weighted by atomic mass is 10.2. The molecule has 4 heteroatoms. The highest BCUT2D eigenvalue weighted by atomic mass is 32.2. The van der Waals surface area contributed by atoms with Crippen molar-refractivity contribution in [3.63, 3.8) is 0 Å². The number of aryl methyl sites for hydroxylation is 1. The second-order valence-corrected chi connectivity index (χ2v) is 5.58.